The molecule has 0 aliphatic carbocycles. The number of nitrogens with zero attached hydrogens (tertiary/aromatic N) is 2. The second-order valence-electron chi connectivity index (χ2n) is 5.60. The van der Waals surface area contributed by atoms with E-state index in [4.69, 9.17) is 0 Å². The Hall–Kier alpha value is -0.410. The molecule has 0 aromatic carbocycles. The van der Waals surface area contributed by atoms with Crippen molar-refractivity contribution in [2.75, 3.05) is 27.2 Å². The minimum absolute atomic E-state index is 0.337. The fourth-order valence-electron chi connectivity index (χ4n) is 3.57. The Bertz CT molecular complexity index is 267. The molecule has 2 fully saturated rings. The number of Topliss-reactive ketones (excluding diaryl/α,β-unsaturated/α-hetero) is 1. The zero-order chi connectivity index (χ0) is 11.7. The van der Waals surface area contributed by atoms with Gasteiger partial charge in [-0.1, -0.05) is 0 Å². The summed E-state index contributed by atoms with van der Waals surface area (Å²) in [6.45, 7) is 4.12. The van der Waals surface area contributed by atoms with Crippen molar-refractivity contribution in [1.29, 1.82) is 0 Å². The number of carbonyl (C=O) groups is 1. The minimum Gasteiger partial charge on any atom is -0.303 e. The zero-order valence-electron chi connectivity index (χ0n) is 10.8. The van der Waals surface area contributed by atoms with E-state index in [9.17, 15) is 4.79 Å². The average Bonchev–Trinajstić information content (AvgIpc) is 2.75. The number of likely N-dealkylation sites (tertiary alicyclic amines) is 2. The first-order valence-electron chi connectivity index (χ1n) is 6.49. The summed E-state index contributed by atoms with van der Waals surface area (Å²) in [6.07, 6.45) is 4.66. The van der Waals surface area contributed by atoms with Crippen molar-refractivity contribution in [2.24, 2.45) is 5.92 Å². The van der Waals surface area contributed by atoms with Crippen molar-refractivity contribution in [3.8, 4) is 0 Å². The number of hydrogen-bond acceptors (Lipinski definition) is 3. The van der Waals surface area contributed by atoms with E-state index in [1.807, 2.05) is 0 Å². The van der Waals surface area contributed by atoms with Gasteiger partial charge in [0.05, 0.1) is 0 Å². The number of rotatable bonds is 3. The van der Waals surface area contributed by atoms with E-state index in [0.29, 0.717) is 23.8 Å². The van der Waals surface area contributed by atoms with Crippen LogP contribution in [0.4, 0.5) is 0 Å². The van der Waals surface area contributed by atoms with Crippen LogP contribution < -0.4 is 0 Å². The van der Waals surface area contributed by atoms with Crippen LogP contribution in [0, 0.1) is 5.92 Å². The minimum atomic E-state index is 0.337. The summed E-state index contributed by atoms with van der Waals surface area (Å²) in [4.78, 5) is 16.2. The zero-order valence-corrected chi connectivity index (χ0v) is 10.8. The van der Waals surface area contributed by atoms with Crippen LogP contribution in [-0.4, -0.2) is 54.9 Å². The first-order valence-corrected chi connectivity index (χ1v) is 6.49. The third-order valence-electron chi connectivity index (χ3n) is 4.44. The van der Waals surface area contributed by atoms with Crippen LogP contribution in [0.15, 0.2) is 0 Å². The second kappa shape index (κ2) is 4.84. The quantitative estimate of drug-likeness (QED) is 0.723. The highest BCUT2D eigenvalue weighted by Crippen LogP contribution is 2.34. The van der Waals surface area contributed by atoms with Gasteiger partial charge in [0.25, 0.3) is 0 Å². The van der Waals surface area contributed by atoms with Crippen molar-refractivity contribution in [3.05, 3.63) is 0 Å². The lowest BCUT2D eigenvalue weighted by molar-refractivity contribution is -0.118. The predicted molar refractivity (Wildman–Crippen MR) is 65.5 cm³/mol. The van der Waals surface area contributed by atoms with Gasteiger partial charge in [0, 0.05) is 18.5 Å². The molecule has 3 heteroatoms. The summed E-state index contributed by atoms with van der Waals surface area (Å²) in [5, 5.41) is 0. The van der Waals surface area contributed by atoms with Crippen molar-refractivity contribution in [2.45, 2.75) is 44.7 Å². The van der Waals surface area contributed by atoms with E-state index < -0.39 is 0 Å². The molecule has 92 valence electrons. The topological polar surface area (TPSA) is 23.6 Å². The Morgan fingerprint density at radius 3 is 2.50 bits per heavy atom. The lowest BCUT2D eigenvalue weighted by Crippen LogP contribution is -2.41. The van der Waals surface area contributed by atoms with Crippen molar-refractivity contribution < 1.29 is 4.79 Å². The molecule has 3 atom stereocenters. The summed E-state index contributed by atoms with van der Waals surface area (Å²) in [6, 6.07) is 1.21. The molecule has 0 aromatic rings. The molecule has 2 aliphatic rings. The van der Waals surface area contributed by atoms with Gasteiger partial charge in [-0.2, -0.15) is 0 Å². The molecule has 3 nitrogen and oxygen atoms in total. The molecule has 2 saturated heterocycles. The van der Waals surface area contributed by atoms with Gasteiger partial charge >= 0.3 is 0 Å². The Labute approximate surface area is 98.8 Å². The van der Waals surface area contributed by atoms with Crippen LogP contribution >= 0.6 is 0 Å². The number of ketones is 1. The first kappa shape index (κ1) is 12.1. The molecule has 0 spiro atoms. The molecule has 0 bridgehead atoms. The van der Waals surface area contributed by atoms with Gasteiger partial charge in [-0.25, -0.2) is 0 Å². The van der Waals surface area contributed by atoms with Crippen LogP contribution in [-0.2, 0) is 4.79 Å². The summed E-state index contributed by atoms with van der Waals surface area (Å²) in [5.74, 6) is 1.05. The van der Waals surface area contributed by atoms with E-state index in [0.717, 1.165) is 13.0 Å². The third-order valence-corrected chi connectivity index (χ3v) is 4.44. The summed E-state index contributed by atoms with van der Waals surface area (Å²) < 4.78 is 0. The first-order chi connectivity index (χ1) is 7.59. The third kappa shape index (κ3) is 2.30. The standard InChI is InChI=1S/C13H24N2O/c1-10(16)9-13-11(6-8-15(13)3)12-5-4-7-14(12)2/h11-13H,4-9H2,1-3H3/t11?,12?,13-/m1/s1. The lowest BCUT2D eigenvalue weighted by atomic mass is 9.88. The van der Waals surface area contributed by atoms with Crippen LogP contribution in [0.3, 0.4) is 0 Å². The second-order valence-corrected chi connectivity index (χ2v) is 5.60. The van der Waals surface area contributed by atoms with E-state index in [1.165, 1.54) is 25.8 Å². The maximum Gasteiger partial charge on any atom is 0.131 e. The SMILES string of the molecule is CC(=O)C[C@@H]1C(C2CCCN2C)CCN1C. The van der Waals surface area contributed by atoms with Crippen LogP contribution in [0.2, 0.25) is 0 Å². The Kier molecular flexibility index (Phi) is 3.65. The van der Waals surface area contributed by atoms with Gasteiger partial charge in [-0.05, 0) is 59.3 Å². The van der Waals surface area contributed by atoms with Crippen LogP contribution in [0.5, 0.6) is 0 Å². The fraction of sp³-hybridized carbons (Fsp3) is 0.923. The van der Waals surface area contributed by atoms with Crippen molar-refractivity contribution >= 4 is 5.78 Å². The van der Waals surface area contributed by atoms with Crippen LogP contribution in [0.1, 0.15) is 32.6 Å². The van der Waals surface area contributed by atoms with Gasteiger partial charge in [-0.3, -0.25) is 4.79 Å². The lowest BCUT2D eigenvalue weighted by Gasteiger charge is -2.32. The van der Waals surface area contributed by atoms with Crippen molar-refractivity contribution in [3.63, 3.8) is 0 Å². The smallest absolute Gasteiger partial charge is 0.131 e. The predicted octanol–water partition coefficient (Wildman–Crippen LogP) is 1.38. The van der Waals surface area contributed by atoms with Gasteiger partial charge in [0.1, 0.15) is 5.78 Å². The normalized spacial score (nSPS) is 37.1. The highest BCUT2D eigenvalue weighted by atomic mass is 16.1. The fourth-order valence-corrected chi connectivity index (χ4v) is 3.57. The summed E-state index contributed by atoms with van der Waals surface area (Å²) >= 11 is 0. The molecule has 0 N–H and O–H groups in total. The van der Waals surface area contributed by atoms with Crippen molar-refractivity contribution in [1.82, 2.24) is 9.80 Å². The average molecular weight is 224 g/mol. The Balaban J connectivity index is 2.04. The molecular weight excluding hydrogens is 200 g/mol. The van der Waals surface area contributed by atoms with Gasteiger partial charge in [-0.15, -0.1) is 0 Å². The highest BCUT2D eigenvalue weighted by Gasteiger charge is 2.40. The van der Waals surface area contributed by atoms with E-state index in [1.54, 1.807) is 6.92 Å². The number of carbonyl (C=O) groups excluding carboxylic acids is 1. The van der Waals surface area contributed by atoms with Crippen LogP contribution in [0.25, 0.3) is 0 Å². The maximum absolute atomic E-state index is 11.3. The van der Waals surface area contributed by atoms with E-state index in [-0.39, 0.29) is 0 Å². The summed E-state index contributed by atoms with van der Waals surface area (Å²) in [7, 11) is 4.41. The monoisotopic (exact) mass is 224 g/mol. The molecule has 0 aromatic heterocycles. The molecule has 2 heterocycles. The van der Waals surface area contributed by atoms with Gasteiger partial charge in [0.2, 0.25) is 0 Å². The molecular formula is C13H24N2O. The molecule has 0 radical (unpaired) electrons. The summed E-state index contributed by atoms with van der Waals surface area (Å²) in [5.41, 5.74) is 0. The Morgan fingerprint density at radius 1 is 1.19 bits per heavy atom. The molecule has 2 aliphatic heterocycles. The molecule has 2 unspecified atom stereocenters. The van der Waals surface area contributed by atoms with E-state index in [2.05, 4.69) is 23.9 Å². The Morgan fingerprint density at radius 2 is 1.94 bits per heavy atom. The molecule has 0 amide bonds. The maximum atomic E-state index is 11.3. The largest absolute Gasteiger partial charge is 0.303 e. The van der Waals surface area contributed by atoms with Gasteiger partial charge in [0.15, 0.2) is 0 Å². The molecule has 16 heavy (non-hydrogen) atoms. The molecule has 0 saturated carbocycles. The number of hydrogen-bond donors (Lipinski definition) is 0. The highest BCUT2D eigenvalue weighted by molar-refractivity contribution is 5.76. The van der Waals surface area contributed by atoms with E-state index >= 15 is 0 Å². The molecule has 2 rings (SSSR count). The van der Waals surface area contributed by atoms with Gasteiger partial charge < -0.3 is 9.80 Å².